The van der Waals surface area contributed by atoms with Gasteiger partial charge in [0.2, 0.25) is 0 Å². The van der Waals surface area contributed by atoms with Crippen molar-refractivity contribution in [1.82, 2.24) is 9.38 Å². The third-order valence-corrected chi connectivity index (χ3v) is 4.28. The number of carbonyl (C=O) groups is 1. The second kappa shape index (κ2) is 5.65. The second-order valence-corrected chi connectivity index (χ2v) is 5.75. The summed E-state index contributed by atoms with van der Waals surface area (Å²) in [5.41, 5.74) is 1.49. The maximum absolute atomic E-state index is 11.4. The van der Waals surface area contributed by atoms with E-state index in [1.807, 2.05) is 35.8 Å². The normalized spacial score (nSPS) is 16.4. The lowest BCUT2D eigenvalue weighted by molar-refractivity contribution is 0.111. The van der Waals surface area contributed by atoms with Gasteiger partial charge < -0.3 is 4.90 Å². The number of aromatic nitrogens is 2. The number of carbonyl (C=O) groups excluding carboxylic acids is 1. The molecule has 4 nitrogen and oxygen atoms in total. The summed E-state index contributed by atoms with van der Waals surface area (Å²) in [6, 6.07) is 5.80. The van der Waals surface area contributed by atoms with Crippen LogP contribution in [0.25, 0.3) is 5.65 Å². The predicted molar refractivity (Wildman–Crippen MR) is 80.4 cm³/mol. The Morgan fingerprint density at radius 3 is 2.90 bits per heavy atom. The largest absolute Gasteiger partial charge is 0.357 e. The van der Waals surface area contributed by atoms with Crippen LogP contribution in [0.3, 0.4) is 0 Å². The lowest BCUT2D eigenvalue weighted by atomic mass is 9.89. The lowest BCUT2D eigenvalue weighted by Crippen LogP contribution is -2.27. The first-order chi connectivity index (χ1) is 9.79. The topological polar surface area (TPSA) is 37.6 Å². The van der Waals surface area contributed by atoms with E-state index in [1.54, 1.807) is 0 Å². The molecule has 0 radical (unpaired) electrons. The van der Waals surface area contributed by atoms with Crippen LogP contribution in [0.1, 0.15) is 42.6 Å². The third-order valence-electron chi connectivity index (χ3n) is 4.28. The summed E-state index contributed by atoms with van der Waals surface area (Å²) in [5.74, 6) is 1.54. The Balaban J connectivity index is 1.86. The van der Waals surface area contributed by atoms with Gasteiger partial charge in [0.05, 0.1) is 0 Å². The van der Waals surface area contributed by atoms with Gasteiger partial charge in [0.25, 0.3) is 0 Å². The van der Waals surface area contributed by atoms with Crippen LogP contribution in [0, 0.1) is 5.92 Å². The van der Waals surface area contributed by atoms with Crippen molar-refractivity contribution in [3.8, 4) is 0 Å². The van der Waals surface area contributed by atoms with Crippen molar-refractivity contribution in [1.29, 1.82) is 0 Å². The zero-order valence-corrected chi connectivity index (χ0v) is 12.0. The van der Waals surface area contributed by atoms with Gasteiger partial charge in [-0.15, -0.1) is 0 Å². The first kappa shape index (κ1) is 13.2. The van der Waals surface area contributed by atoms with Crippen LogP contribution < -0.4 is 4.90 Å². The Bertz CT molecular complexity index is 599. The molecule has 0 bridgehead atoms. The quantitative estimate of drug-likeness (QED) is 0.802. The highest BCUT2D eigenvalue weighted by Crippen LogP contribution is 2.27. The number of aldehydes is 1. The van der Waals surface area contributed by atoms with Crippen molar-refractivity contribution in [3.63, 3.8) is 0 Å². The van der Waals surface area contributed by atoms with E-state index in [2.05, 4.69) is 9.88 Å². The van der Waals surface area contributed by atoms with Crippen LogP contribution in [0.15, 0.2) is 24.4 Å². The van der Waals surface area contributed by atoms with Crippen molar-refractivity contribution >= 4 is 17.8 Å². The number of hydrogen-bond acceptors (Lipinski definition) is 3. The summed E-state index contributed by atoms with van der Waals surface area (Å²) >= 11 is 0. The van der Waals surface area contributed by atoms with Crippen LogP contribution >= 0.6 is 0 Å². The molecule has 0 atom stereocenters. The summed E-state index contributed by atoms with van der Waals surface area (Å²) in [7, 11) is 2.05. The number of pyridine rings is 1. The molecule has 4 heteroatoms. The van der Waals surface area contributed by atoms with Crippen LogP contribution in [0.5, 0.6) is 0 Å². The summed E-state index contributed by atoms with van der Waals surface area (Å²) in [6.45, 7) is 0.991. The Hall–Kier alpha value is -1.84. The number of nitrogens with zero attached hydrogens (tertiary/aromatic N) is 3. The fraction of sp³-hybridized carbons (Fsp3) is 0.500. The van der Waals surface area contributed by atoms with Gasteiger partial charge in [-0.25, -0.2) is 4.98 Å². The highest BCUT2D eigenvalue weighted by molar-refractivity contribution is 5.83. The molecule has 0 aliphatic heterocycles. The Labute approximate surface area is 119 Å². The molecular weight excluding hydrogens is 250 g/mol. The summed E-state index contributed by atoms with van der Waals surface area (Å²) in [6.07, 6.45) is 9.45. The second-order valence-electron chi connectivity index (χ2n) is 5.75. The van der Waals surface area contributed by atoms with E-state index in [0.29, 0.717) is 5.69 Å². The summed E-state index contributed by atoms with van der Waals surface area (Å²) in [4.78, 5) is 18.2. The molecule has 106 valence electrons. The number of rotatable bonds is 4. The first-order valence-corrected chi connectivity index (χ1v) is 7.43. The molecule has 0 aromatic carbocycles. The molecule has 1 saturated carbocycles. The molecule has 2 heterocycles. The zero-order valence-electron chi connectivity index (χ0n) is 12.0. The standard InChI is InChI=1S/C16H21N3O/c1-18(11-13-7-3-2-4-8-13)16-14(12-20)19-10-6-5-9-15(19)17-16/h5-6,9-10,12-13H,2-4,7-8,11H2,1H3. The molecule has 0 spiro atoms. The molecule has 2 aromatic rings. The minimum atomic E-state index is 0.652. The predicted octanol–water partition coefficient (Wildman–Crippen LogP) is 3.16. The van der Waals surface area contributed by atoms with Crippen molar-refractivity contribution < 1.29 is 4.79 Å². The van der Waals surface area contributed by atoms with E-state index >= 15 is 0 Å². The molecule has 1 fully saturated rings. The molecule has 0 unspecified atom stereocenters. The molecule has 0 saturated heterocycles. The van der Waals surface area contributed by atoms with Gasteiger partial charge in [0, 0.05) is 19.8 Å². The van der Waals surface area contributed by atoms with E-state index in [4.69, 9.17) is 0 Å². The van der Waals surface area contributed by atoms with Crippen LogP contribution in [0.2, 0.25) is 0 Å². The van der Waals surface area contributed by atoms with Crippen molar-refractivity contribution in [2.75, 3.05) is 18.5 Å². The van der Waals surface area contributed by atoms with Gasteiger partial charge in [-0.1, -0.05) is 25.3 Å². The van der Waals surface area contributed by atoms with Gasteiger partial charge in [0.15, 0.2) is 12.1 Å². The third kappa shape index (κ3) is 2.42. The molecule has 0 N–H and O–H groups in total. The Morgan fingerprint density at radius 1 is 1.35 bits per heavy atom. The van der Waals surface area contributed by atoms with Crippen molar-refractivity contribution in [3.05, 3.63) is 30.1 Å². The monoisotopic (exact) mass is 271 g/mol. The zero-order chi connectivity index (χ0) is 13.9. The maximum Gasteiger partial charge on any atom is 0.170 e. The number of fused-ring (bicyclic) bond motifs is 1. The summed E-state index contributed by atoms with van der Waals surface area (Å²) in [5, 5.41) is 0. The molecule has 0 amide bonds. The van der Waals surface area contributed by atoms with Crippen molar-refractivity contribution in [2.24, 2.45) is 5.92 Å². The van der Waals surface area contributed by atoms with Crippen LogP contribution in [-0.4, -0.2) is 29.3 Å². The van der Waals surface area contributed by atoms with E-state index in [1.165, 1.54) is 32.1 Å². The van der Waals surface area contributed by atoms with E-state index in [9.17, 15) is 4.79 Å². The molecule has 20 heavy (non-hydrogen) atoms. The number of hydrogen-bond donors (Lipinski definition) is 0. The SMILES string of the molecule is CN(CC1CCCCC1)c1nc2ccccn2c1C=O. The van der Waals surface area contributed by atoms with Gasteiger partial charge in [-0.3, -0.25) is 9.20 Å². The number of anilines is 1. The highest BCUT2D eigenvalue weighted by atomic mass is 16.1. The van der Waals surface area contributed by atoms with E-state index in [0.717, 1.165) is 30.2 Å². The highest BCUT2D eigenvalue weighted by Gasteiger charge is 2.20. The Kier molecular flexibility index (Phi) is 3.72. The molecule has 3 rings (SSSR count). The fourth-order valence-electron chi connectivity index (χ4n) is 3.24. The van der Waals surface area contributed by atoms with E-state index in [-0.39, 0.29) is 0 Å². The lowest BCUT2D eigenvalue weighted by Gasteiger charge is -2.27. The van der Waals surface area contributed by atoms with Gasteiger partial charge in [-0.2, -0.15) is 0 Å². The minimum absolute atomic E-state index is 0.652. The van der Waals surface area contributed by atoms with Crippen LogP contribution in [0.4, 0.5) is 5.82 Å². The maximum atomic E-state index is 11.4. The van der Waals surface area contributed by atoms with Gasteiger partial charge in [0.1, 0.15) is 11.3 Å². The molecule has 1 aliphatic carbocycles. The summed E-state index contributed by atoms with van der Waals surface area (Å²) < 4.78 is 1.86. The average molecular weight is 271 g/mol. The molecule has 1 aliphatic rings. The molecular formula is C16H21N3O. The average Bonchev–Trinajstić information content (AvgIpc) is 2.87. The van der Waals surface area contributed by atoms with Crippen molar-refractivity contribution in [2.45, 2.75) is 32.1 Å². The van der Waals surface area contributed by atoms with Gasteiger partial charge >= 0.3 is 0 Å². The smallest absolute Gasteiger partial charge is 0.170 e. The first-order valence-electron chi connectivity index (χ1n) is 7.43. The Morgan fingerprint density at radius 2 is 2.15 bits per heavy atom. The fourth-order valence-corrected chi connectivity index (χ4v) is 3.24. The van der Waals surface area contributed by atoms with E-state index < -0.39 is 0 Å². The molecule has 2 aromatic heterocycles. The van der Waals surface area contributed by atoms with Gasteiger partial charge in [-0.05, 0) is 30.9 Å². The number of imidazole rings is 1. The minimum Gasteiger partial charge on any atom is -0.357 e. The van der Waals surface area contributed by atoms with Crippen LogP contribution in [-0.2, 0) is 0 Å².